The van der Waals surface area contributed by atoms with E-state index in [1.165, 1.54) is 29.3 Å². The fraction of sp³-hybridized carbons (Fsp3) is 0.188. The van der Waals surface area contributed by atoms with Crippen LogP contribution in [0, 0.1) is 5.82 Å². The van der Waals surface area contributed by atoms with Crippen LogP contribution in [-0.4, -0.2) is 17.7 Å². The Morgan fingerprint density at radius 1 is 1.25 bits per heavy atom. The van der Waals surface area contributed by atoms with Crippen molar-refractivity contribution >= 4 is 5.97 Å². The molecule has 0 amide bonds. The SMILES string of the molecule is O=C(O)c1cccc(F)c1OCC1Cc2ccccc21. The van der Waals surface area contributed by atoms with Crippen LogP contribution in [-0.2, 0) is 6.42 Å². The lowest BCUT2D eigenvalue weighted by Gasteiger charge is -2.30. The summed E-state index contributed by atoms with van der Waals surface area (Å²) < 4.78 is 19.1. The Bertz CT molecular complexity index is 667. The van der Waals surface area contributed by atoms with Gasteiger partial charge in [0.25, 0.3) is 0 Å². The van der Waals surface area contributed by atoms with Crippen molar-refractivity contribution in [3.8, 4) is 5.75 Å². The van der Waals surface area contributed by atoms with E-state index in [1.807, 2.05) is 18.2 Å². The standard InChI is InChI=1S/C16H13FO3/c17-14-7-3-6-13(16(18)19)15(14)20-9-11-8-10-4-1-2-5-12(10)11/h1-7,11H,8-9H2,(H,18,19). The maximum absolute atomic E-state index is 13.7. The first-order chi connectivity index (χ1) is 9.66. The van der Waals surface area contributed by atoms with Crippen molar-refractivity contribution in [1.82, 2.24) is 0 Å². The van der Waals surface area contributed by atoms with Crippen LogP contribution in [0.2, 0.25) is 0 Å². The third-order valence-electron chi connectivity index (χ3n) is 3.59. The number of fused-ring (bicyclic) bond motifs is 1. The predicted molar refractivity (Wildman–Crippen MR) is 71.7 cm³/mol. The highest BCUT2D eigenvalue weighted by atomic mass is 19.1. The van der Waals surface area contributed by atoms with Crippen LogP contribution in [0.25, 0.3) is 0 Å². The minimum absolute atomic E-state index is 0.141. The van der Waals surface area contributed by atoms with Crippen LogP contribution < -0.4 is 4.74 Å². The Kier molecular flexibility index (Phi) is 3.14. The molecule has 0 fully saturated rings. The zero-order chi connectivity index (χ0) is 14.1. The van der Waals surface area contributed by atoms with E-state index in [2.05, 4.69) is 6.07 Å². The molecule has 0 spiro atoms. The maximum atomic E-state index is 13.7. The molecule has 0 radical (unpaired) electrons. The lowest BCUT2D eigenvalue weighted by Crippen LogP contribution is -2.23. The number of ether oxygens (including phenoxy) is 1. The molecular formula is C16H13FO3. The number of rotatable bonds is 4. The highest BCUT2D eigenvalue weighted by Crippen LogP contribution is 2.35. The minimum atomic E-state index is -1.19. The van der Waals surface area contributed by atoms with Crippen LogP contribution in [0.1, 0.15) is 27.4 Å². The summed E-state index contributed by atoms with van der Waals surface area (Å²) in [6, 6.07) is 11.9. The molecule has 0 bridgehead atoms. The van der Waals surface area contributed by atoms with Crippen molar-refractivity contribution in [2.24, 2.45) is 0 Å². The molecule has 1 N–H and O–H groups in total. The van der Waals surface area contributed by atoms with Crippen molar-refractivity contribution in [3.05, 3.63) is 65.0 Å². The topological polar surface area (TPSA) is 46.5 Å². The van der Waals surface area contributed by atoms with Crippen molar-refractivity contribution in [1.29, 1.82) is 0 Å². The van der Waals surface area contributed by atoms with Gasteiger partial charge in [-0.15, -0.1) is 0 Å². The van der Waals surface area contributed by atoms with Gasteiger partial charge in [-0.3, -0.25) is 0 Å². The Hall–Kier alpha value is -2.36. The summed E-state index contributed by atoms with van der Waals surface area (Å²) in [5.74, 6) is -1.80. The highest BCUT2D eigenvalue weighted by molar-refractivity contribution is 5.90. The second kappa shape index (κ2) is 4.96. The van der Waals surface area contributed by atoms with E-state index in [4.69, 9.17) is 9.84 Å². The summed E-state index contributed by atoms with van der Waals surface area (Å²) >= 11 is 0. The molecule has 0 saturated carbocycles. The van der Waals surface area contributed by atoms with Crippen molar-refractivity contribution in [2.75, 3.05) is 6.61 Å². The van der Waals surface area contributed by atoms with Gasteiger partial charge >= 0.3 is 5.97 Å². The molecule has 2 aromatic rings. The van der Waals surface area contributed by atoms with Crippen LogP contribution in [0.15, 0.2) is 42.5 Å². The fourth-order valence-electron chi connectivity index (χ4n) is 2.52. The minimum Gasteiger partial charge on any atom is -0.489 e. The van der Waals surface area contributed by atoms with Gasteiger partial charge in [0.2, 0.25) is 0 Å². The molecule has 3 nitrogen and oxygen atoms in total. The lowest BCUT2D eigenvalue weighted by atomic mass is 9.78. The number of hydrogen-bond donors (Lipinski definition) is 1. The van der Waals surface area contributed by atoms with Crippen molar-refractivity contribution in [2.45, 2.75) is 12.3 Å². The number of carboxylic acid groups (broad SMARTS) is 1. The second-order valence-corrected chi connectivity index (χ2v) is 4.83. The molecule has 0 saturated heterocycles. The van der Waals surface area contributed by atoms with Gasteiger partial charge in [-0.1, -0.05) is 30.3 Å². The van der Waals surface area contributed by atoms with Gasteiger partial charge < -0.3 is 9.84 Å². The van der Waals surface area contributed by atoms with E-state index in [-0.39, 0.29) is 23.8 Å². The summed E-state index contributed by atoms with van der Waals surface area (Å²) in [4.78, 5) is 11.1. The zero-order valence-electron chi connectivity index (χ0n) is 10.7. The van der Waals surface area contributed by atoms with Gasteiger partial charge in [0.15, 0.2) is 11.6 Å². The van der Waals surface area contributed by atoms with Gasteiger partial charge in [-0.2, -0.15) is 0 Å². The Morgan fingerprint density at radius 3 is 2.80 bits per heavy atom. The molecule has 3 rings (SSSR count). The molecule has 102 valence electrons. The van der Waals surface area contributed by atoms with Gasteiger partial charge in [0.05, 0.1) is 6.61 Å². The molecule has 1 atom stereocenters. The lowest BCUT2D eigenvalue weighted by molar-refractivity contribution is 0.0690. The van der Waals surface area contributed by atoms with Gasteiger partial charge in [0, 0.05) is 5.92 Å². The van der Waals surface area contributed by atoms with Crippen LogP contribution in [0.3, 0.4) is 0 Å². The molecule has 0 aromatic heterocycles. The first-order valence-electron chi connectivity index (χ1n) is 6.39. The van der Waals surface area contributed by atoms with Crippen LogP contribution in [0.4, 0.5) is 4.39 Å². The monoisotopic (exact) mass is 272 g/mol. The summed E-state index contributed by atoms with van der Waals surface area (Å²) in [5, 5.41) is 9.04. The largest absolute Gasteiger partial charge is 0.489 e. The van der Waals surface area contributed by atoms with E-state index >= 15 is 0 Å². The number of hydrogen-bond acceptors (Lipinski definition) is 2. The van der Waals surface area contributed by atoms with E-state index in [9.17, 15) is 9.18 Å². The molecule has 2 aromatic carbocycles. The quantitative estimate of drug-likeness (QED) is 0.929. The molecule has 20 heavy (non-hydrogen) atoms. The Balaban J connectivity index is 1.76. The van der Waals surface area contributed by atoms with E-state index in [0.29, 0.717) is 0 Å². The van der Waals surface area contributed by atoms with Gasteiger partial charge in [0.1, 0.15) is 5.56 Å². The fourth-order valence-corrected chi connectivity index (χ4v) is 2.52. The Labute approximate surface area is 115 Å². The Morgan fingerprint density at radius 2 is 2.05 bits per heavy atom. The average molecular weight is 272 g/mol. The molecule has 1 unspecified atom stereocenters. The number of carboxylic acids is 1. The summed E-state index contributed by atoms with van der Waals surface area (Å²) in [7, 11) is 0. The summed E-state index contributed by atoms with van der Waals surface area (Å²) in [6.07, 6.45) is 0.882. The highest BCUT2D eigenvalue weighted by Gasteiger charge is 2.27. The maximum Gasteiger partial charge on any atom is 0.339 e. The normalized spacial score (nSPS) is 16.1. The smallest absolute Gasteiger partial charge is 0.339 e. The number of halogens is 1. The molecule has 0 heterocycles. The molecule has 0 aliphatic heterocycles. The molecule has 1 aliphatic carbocycles. The number of aromatic carboxylic acids is 1. The average Bonchev–Trinajstić information content (AvgIpc) is 2.41. The first kappa shape index (κ1) is 12.7. The number of para-hydroxylation sites is 1. The van der Waals surface area contributed by atoms with Gasteiger partial charge in [-0.05, 0) is 29.7 Å². The third-order valence-corrected chi connectivity index (χ3v) is 3.59. The molecule has 1 aliphatic rings. The first-order valence-corrected chi connectivity index (χ1v) is 6.39. The van der Waals surface area contributed by atoms with E-state index < -0.39 is 11.8 Å². The van der Waals surface area contributed by atoms with Crippen molar-refractivity contribution < 1.29 is 19.0 Å². The molecule has 4 heteroatoms. The van der Waals surface area contributed by atoms with Crippen LogP contribution >= 0.6 is 0 Å². The van der Waals surface area contributed by atoms with E-state index in [1.54, 1.807) is 0 Å². The van der Waals surface area contributed by atoms with Gasteiger partial charge in [-0.25, -0.2) is 9.18 Å². The predicted octanol–water partition coefficient (Wildman–Crippen LogP) is 3.24. The summed E-state index contributed by atoms with van der Waals surface area (Å²) in [6.45, 7) is 0.290. The van der Waals surface area contributed by atoms with E-state index in [0.717, 1.165) is 6.42 Å². The number of benzene rings is 2. The van der Waals surface area contributed by atoms with Crippen molar-refractivity contribution in [3.63, 3.8) is 0 Å². The zero-order valence-corrected chi connectivity index (χ0v) is 10.7. The summed E-state index contributed by atoms with van der Waals surface area (Å²) in [5.41, 5.74) is 2.33. The molecular weight excluding hydrogens is 259 g/mol. The van der Waals surface area contributed by atoms with Crippen LogP contribution in [0.5, 0.6) is 5.75 Å². The second-order valence-electron chi connectivity index (χ2n) is 4.83. The third kappa shape index (κ3) is 2.13. The number of carbonyl (C=O) groups is 1.